The highest BCUT2D eigenvalue weighted by atomic mass is 16.5. The van der Waals surface area contributed by atoms with Gasteiger partial charge in [-0.1, -0.05) is 37.3 Å². The summed E-state index contributed by atoms with van der Waals surface area (Å²) in [4.78, 5) is 12.3. The van der Waals surface area contributed by atoms with Crippen molar-refractivity contribution in [1.29, 1.82) is 0 Å². The van der Waals surface area contributed by atoms with Gasteiger partial charge in [0, 0.05) is 11.1 Å². The van der Waals surface area contributed by atoms with E-state index in [1.54, 1.807) is 7.11 Å². The molecule has 0 aliphatic heterocycles. The Bertz CT molecular complexity index is 605. The molecular formula is C18H21NO2. The van der Waals surface area contributed by atoms with Crippen molar-refractivity contribution in [3.63, 3.8) is 0 Å². The summed E-state index contributed by atoms with van der Waals surface area (Å²) < 4.78 is 5.33. The highest BCUT2D eigenvalue weighted by Crippen LogP contribution is 2.24. The van der Waals surface area contributed by atoms with E-state index in [2.05, 4.69) is 12.2 Å². The average Bonchev–Trinajstić information content (AvgIpc) is 2.54. The standard InChI is InChI=1S/C18H21NO2/c1-4-14-9-11-15(12-10-14)18(20)19-13(2)16-7-5-6-8-17(16)21-3/h5-13H,4H2,1-3H3,(H,19,20)/t13-/m1/s1. The molecule has 0 fully saturated rings. The fraction of sp³-hybridized carbons (Fsp3) is 0.278. The summed E-state index contributed by atoms with van der Waals surface area (Å²) in [6.45, 7) is 4.05. The van der Waals surface area contributed by atoms with Crippen LogP contribution in [0.3, 0.4) is 0 Å². The van der Waals surface area contributed by atoms with Crippen LogP contribution in [0.5, 0.6) is 5.75 Å². The van der Waals surface area contributed by atoms with Gasteiger partial charge in [0.25, 0.3) is 5.91 Å². The van der Waals surface area contributed by atoms with E-state index in [1.807, 2.05) is 55.5 Å². The molecule has 0 aliphatic rings. The first-order valence-electron chi connectivity index (χ1n) is 7.18. The van der Waals surface area contributed by atoms with Crippen LogP contribution in [0.1, 0.15) is 41.4 Å². The van der Waals surface area contributed by atoms with E-state index in [0.717, 1.165) is 17.7 Å². The largest absolute Gasteiger partial charge is 0.496 e. The summed E-state index contributed by atoms with van der Waals surface area (Å²) in [6, 6.07) is 15.3. The summed E-state index contributed by atoms with van der Waals surface area (Å²) >= 11 is 0. The summed E-state index contributed by atoms with van der Waals surface area (Å²) in [5.74, 6) is 0.711. The van der Waals surface area contributed by atoms with Crippen molar-refractivity contribution in [3.05, 3.63) is 65.2 Å². The first kappa shape index (κ1) is 15.1. The van der Waals surface area contributed by atoms with Crippen LogP contribution >= 0.6 is 0 Å². The summed E-state index contributed by atoms with van der Waals surface area (Å²) in [7, 11) is 1.64. The average molecular weight is 283 g/mol. The number of benzene rings is 2. The van der Waals surface area contributed by atoms with Gasteiger partial charge in [-0.25, -0.2) is 0 Å². The lowest BCUT2D eigenvalue weighted by Crippen LogP contribution is -2.26. The lowest BCUT2D eigenvalue weighted by molar-refractivity contribution is 0.0939. The highest BCUT2D eigenvalue weighted by molar-refractivity contribution is 5.94. The van der Waals surface area contributed by atoms with Gasteiger partial charge in [-0.2, -0.15) is 0 Å². The predicted molar refractivity (Wildman–Crippen MR) is 84.7 cm³/mol. The Hall–Kier alpha value is -2.29. The number of nitrogens with one attached hydrogen (secondary N) is 1. The van der Waals surface area contributed by atoms with Gasteiger partial charge < -0.3 is 10.1 Å². The van der Waals surface area contributed by atoms with Crippen LogP contribution in [0.25, 0.3) is 0 Å². The Labute approximate surface area is 126 Å². The van der Waals surface area contributed by atoms with Crippen LogP contribution in [0.15, 0.2) is 48.5 Å². The minimum atomic E-state index is -0.112. The third kappa shape index (κ3) is 3.63. The number of rotatable bonds is 5. The van der Waals surface area contributed by atoms with Crippen molar-refractivity contribution >= 4 is 5.91 Å². The zero-order chi connectivity index (χ0) is 15.2. The lowest BCUT2D eigenvalue weighted by Gasteiger charge is -2.17. The second kappa shape index (κ2) is 6.93. The van der Waals surface area contributed by atoms with Gasteiger partial charge in [0.1, 0.15) is 5.75 Å². The maximum absolute atomic E-state index is 12.3. The number of hydrogen-bond donors (Lipinski definition) is 1. The van der Waals surface area contributed by atoms with Crippen LogP contribution in [0.4, 0.5) is 0 Å². The molecule has 110 valence electrons. The molecule has 0 aromatic heterocycles. The molecule has 21 heavy (non-hydrogen) atoms. The van der Waals surface area contributed by atoms with E-state index in [4.69, 9.17) is 4.74 Å². The molecule has 1 N–H and O–H groups in total. The molecule has 0 saturated carbocycles. The molecule has 2 aromatic carbocycles. The van der Waals surface area contributed by atoms with Gasteiger partial charge >= 0.3 is 0 Å². The second-order valence-corrected chi connectivity index (χ2v) is 4.99. The van der Waals surface area contributed by atoms with Crippen molar-refractivity contribution < 1.29 is 9.53 Å². The van der Waals surface area contributed by atoms with Crippen LogP contribution in [0.2, 0.25) is 0 Å². The minimum absolute atomic E-state index is 0.0731. The van der Waals surface area contributed by atoms with E-state index >= 15 is 0 Å². The van der Waals surface area contributed by atoms with Gasteiger partial charge in [-0.3, -0.25) is 4.79 Å². The fourth-order valence-corrected chi connectivity index (χ4v) is 2.27. The zero-order valence-corrected chi connectivity index (χ0v) is 12.7. The zero-order valence-electron chi connectivity index (χ0n) is 12.7. The molecule has 3 nitrogen and oxygen atoms in total. The molecule has 3 heteroatoms. The number of carbonyl (C=O) groups excluding carboxylic acids is 1. The molecular weight excluding hydrogens is 262 g/mol. The topological polar surface area (TPSA) is 38.3 Å². The lowest BCUT2D eigenvalue weighted by atomic mass is 10.1. The first-order valence-corrected chi connectivity index (χ1v) is 7.18. The maximum atomic E-state index is 12.3. The van der Waals surface area contributed by atoms with Crippen molar-refractivity contribution in [1.82, 2.24) is 5.32 Å². The van der Waals surface area contributed by atoms with Gasteiger partial charge in [-0.05, 0) is 37.1 Å². The van der Waals surface area contributed by atoms with Crippen molar-refractivity contribution in [3.8, 4) is 5.75 Å². The Morgan fingerprint density at radius 1 is 1.14 bits per heavy atom. The monoisotopic (exact) mass is 283 g/mol. The number of ether oxygens (including phenoxy) is 1. The van der Waals surface area contributed by atoms with Gasteiger partial charge in [0.05, 0.1) is 13.2 Å². The number of para-hydroxylation sites is 1. The van der Waals surface area contributed by atoms with Crippen molar-refractivity contribution in [2.45, 2.75) is 26.3 Å². The van der Waals surface area contributed by atoms with Gasteiger partial charge in [0.15, 0.2) is 0 Å². The third-order valence-electron chi connectivity index (χ3n) is 3.58. The summed E-state index contributed by atoms with van der Waals surface area (Å²) in [5.41, 5.74) is 2.87. The predicted octanol–water partition coefficient (Wildman–Crippen LogP) is 3.75. The summed E-state index contributed by atoms with van der Waals surface area (Å²) in [6.07, 6.45) is 0.972. The number of carbonyl (C=O) groups is 1. The first-order chi connectivity index (χ1) is 10.2. The fourth-order valence-electron chi connectivity index (χ4n) is 2.27. The molecule has 0 aliphatic carbocycles. The Morgan fingerprint density at radius 2 is 1.81 bits per heavy atom. The number of amides is 1. The smallest absolute Gasteiger partial charge is 0.251 e. The van der Waals surface area contributed by atoms with E-state index in [-0.39, 0.29) is 11.9 Å². The highest BCUT2D eigenvalue weighted by Gasteiger charge is 2.14. The molecule has 1 amide bonds. The Morgan fingerprint density at radius 3 is 2.43 bits per heavy atom. The van der Waals surface area contributed by atoms with E-state index in [0.29, 0.717) is 5.56 Å². The quantitative estimate of drug-likeness (QED) is 0.907. The maximum Gasteiger partial charge on any atom is 0.251 e. The van der Waals surface area contributed by atoms with Crippen LogP contribution in [-0.4, -0.2) is 13.0 Å². The minimum Gasteiger partial charge on any atom is -0.496 e. The second-order valence-electron chi connectivity index (χ2n) is 4.99. The molecule has 0 heterocycles. The Kier molecular flexibility index (Phi) is 4.99. The summed E-state index contributed by atoms with van der Waals surface area (Å²) in [5, 5.41) is 3.01. The molecule has 2 rings (SSSR count). The number of aryl methyl sites for hydroxylation is 1. The molecule has 0 saturated heterocycles. The third-order valence-corrected chi connectivity index (χ3v) is 3.58. The molecule has 0 radical (unpaired) electrons. The van der Waals surface area contributed by atoms with E-state index < -0.39 is 0 Å². The van der Waals surface area contributed by atoms with Crippen LogP contribution < -0.4 is 10.1 Å². The van der Waals surface area contributed by atoms with E-state index in [1.165, 1.54) is 5.56 Å². The number of hydrogen-bond acceptors (Lipinski definition) is 2. The molecule has 0 spiro atoms. The molecule has 0 bridgehead atoms. The van der Waals surface area contributed by atoms with Gasteiger partial charge in [-0.15, -0.1) is 0 Å². The SMILES string of the molecule is CCc1ccc(C(=O)N[C@H](C)c2ccccc2OC)cc1. The van der Waals surface area contributed by atoms with Gasteiger partial charge in [0.2, 0.25) is 0 Å². The molecule has 0 unspecified atom stereocenters. The normalized spacial score (nSPS) is 11.8. The number of methoxy groups -OCH3 is 1. The molecule has 2 aromatic rings. The Balaban J connectivity index is 2.11. The van der Waals surface area contributed by atoms with Crippen molar-refractivity contribution in [2.75, 3.05) is 7.11 Å². The molecule has 1 atom stereocenters. The van der Waals surface area contributed by atoms with Crippen LogP contribution in [0, 0.1) is 0 Å². The van der Waals surface area contributed by atoms with Crippen LogP contribution in [-0.2, 0) is 6.42 Å². The van der Waals surface area contributed by atoms with Crippen molar-refractivity contribution in [2.24, 2.45) is 0 Å². The van der Waals surface area contributed by atoms with E-state index in [9.17, 15) is 4.79 Å².